The topological polar surface area (TPSA) is 90.7 Å². The highest BCUT2D eigenvalue weighted by molar-refractivity contribution is 14.1. The van der Waals surface area contributed by atoms with Gasteiger partial charge in [-0.15, -0.1) is 0 Å². The summed E-state index contributed by atoms with van der Waals surface area (Å²) < 4.78 is 20.3. The van der Waals surface area contributed by atoms with Gasteiger partial charge in [0.25, 0.3) is 0 Å². The molecule has 9 heteroatoms. The van der Waals surface area contributed by atoms with Crippen LogP contribution >= 0.6 is 22.6 Å². The van der Waals surface area contributed by atoms with Crippen molar-refractivity contribution in [2.75, 3.05) is 13.2 Å². The molecule has 0 spiro atoms. The molecule has 0 radical (unpaired) electrons. The number of nitrogens with one attached hydrogen (secondary N) is 1. The van der Waals surface area contributed by atoms with E-state index in [1.54, 1.807) is 6.92 Å². The Balaban J connectivity index is 1.28. The second kappa shape index (κ2) is 11.1. The van der Waals surface area contributed by atoms with Gasteiger partial charge in [-0.1, -0.05) is 30.3 Å². The van der Waals surface area contributed by atoms with Gasteiger partial charge in [0.1, 0.15) is 9.22 Å². The first kappa shape index (κ1) is 24.3. The number of nitrogens with zero attached hydrogens (tertiary/aromatic N) is 3. The smallest absolute Gasteiger partial charge is 0.222 e. The van der Waals surface area contributed by atoms with E-state index < -0.39 is 5.91 Å². The minimum atomic E-state index is -1.42. The number of aromatic nitrogens is 3. The average Bonchev–Trinajstić information content (AvgIpc) is 3.15. The Bertz CT molecular complexity index is 1040. The Hall–Kier alpha value is -1.79. The van der Waals surface area contributed by atoms with Gasteiger partial charge in [0.05, 0.1) is 18.2 Å². The summed E-state index contributed by atoms with van der Waals surface area (Å²) >= 11 is 2.21. The molecule has 0 aliphatic carbocycles. The van der Waals surface area contributed by atoms with Gasteiger partial charge >= 0.3 is 0 Å². The predicted octanol–water partition coefficient (Wildman–Crippen LogP) is 4.36. The molecular weight excluding hydrogens is 535 g/mol. The normalized spacial score (nSPS) is 19.3. The third kappa shape index (κ3) is 6.63. The molecular formula is C24H31IN4O4. The van der Waals surface area contributed by atoms with Crippen LogP contribution in [0.15, 0.2) is 42.5 Å². The van der Waals surface area contributed by atoms with Crippen LogP contribution in [0.1, 0.15) is 51.3 Å². The van der Waals surface area contributed by atoms with E-state index in [2.05, 4.69) is 38.0 Å². The van der Waals surface area contributed by atoms with E-state index in [1.165, 1.54) is 0 Å². The van der Waals surface area contributed by atoms with E-state index in [1.807, 2.05) is 54.1 Å². The summed E-state index contributed by atoms with van der Waals surface area (Å²) in [5.41, 5.74) is 2.79. The van der Waals surface area contributed by atoms with Crippen molar-refractivity contribution < 1.29 is 19.3 Å². The summed E-state index contributed by atoms with van der Waals surface area (Å²) in [5.74, 6) is -0.859. The Kier molecular flexibility index (Phi) is 8.18. The fourth-order valence-corrected chi connectivity index (χ4v) is 4.42. The Morgan fingerprint density at radius 3 is 2.85 bits per heavy atom. The highest BCUT2D eigenvalue weighted by Crippen LogP contribution is 2.29. The van der Waals surface area contributed by atoms with Crippen LogP contribution in [0.5, 0.6) is 5.88 Å². The third-order valence-electron chi connectivity index (χ3n) is 5.60. The van der Waals surface area contributed by atoms with Crippen molar-refractivity contribution in [3.63, 3.8) is 0 Å². The number of hydrogen-bond donors (Lipinski definition) is 2. The molecule has 0 saturated carbocycles. The van der Waals surface area contributed by atoms with Crippen LogP contribution in [-0.2, 0) is 16.1 Å². The van der Waals surface area contributed by atoms with Crippen LogP contribution < -0.4 is 10.1 Å². The molecule has 3 atom stereocenters. The summed E-state index contributed by atoms with van der Waals surface area (Å²) in [4.78, 5) is 4.69. The molecule has 33 heavy (non-hydrogen) atoms. The average molecular weight is 566 g/mol. The first-order chi connectivity index (χ1) is 15.9. The van der Waals surface area contributed by atoms with Crippen LogP contribution in [0.25, 0.3) is 11.0 Å². The van der Waals surface area contributed by atoms with Gasteiger partial charge < -0.3 is 19.3 Å². The molecule has 8 nitrogen and oxygen atoms in total. The second-order valence-electron chi connectivity index (χ2n) is 8.47. The molecule has 3 heterocycles. The van der Waals surface area contributed by atoms with E-state index in [4.69, 9.17) is 14.2 Å². The van der Waals surface area contributed by atoms with Crippen molar-refractivity contribution >= 4 is 33.6 Å². The number of benzene rings is 1. The van der Waals surface area contributed by atoms with Crippen molar-refractivity contribution in [2.45, 2.75) is 64.4 Å². The van der Waals surface area contributed by atoms with Crippen molar-refractivity contribution in [3.8, 4) is 5.88 Å². The maximum absolute atomic E-state index is 10.4. The molecule has 4 rings (SSSR count). The van der Waals surface area contributed by atoms with Crippen LogP contribution in [0, 0.1) is 3.70 Å². The van der Waals surface area contributed by atoms with Crippen molar-refractivity contribution in [2.24, 2.45) is 0 Å². The molecule has 0 amide bonds. The zero-order valence-corrected chi connectivity index (χ0v) is 21.2. The van der Waals surface area contributed by atoms with Gasteiger partial charge in [-0.25, -0.2) is 9.67 Å². The van der Waals surface area contributed by atoms with Gasteiger partial charge in [-0.2, -0.15) is 5.10 Å². The van der Waals surface area contributed by atoms with Crippen LogP contribution in [0.3, 0.4) is 0 Å². The molecule has 3 aromatic rings. The number of aliphatic hydroxyl groups is 1. The zero-order chi connectivity index (χ0) is 23.3. The molecule has 2 aromatic heterocycles. The number of pyridine rings is 1. The van der Waals surface area contributed by atoms with E-state index in [0.29, 0.717) is 25.5 Å². The molecule has 178 valence electrons. The maximum Gasteiger partial charge on any atom is 0.222 e. The highest BCUT2D eigenvalue weighted by Gasteiger charge is 2.22. The number of halogens is 1. The fourth-order valence-electron chi connectivity index (χ4n) is 3.79. The van der Waals surface area contributed by atoms with Gasteiger partial charge in [0.2, 0.25) is 11.8 Å². The summed E-state index contributed by atoms with van der Waals surface area (Å²) in [6.45, 7) is 5.21. The van der Waals surface area contributed by atoms with E-state index in [-0.39, 0.29) is 12.3 Å². The van der Waals surface area contributed by atoms with Gasteiger partial charge in [-0.05, 0) is 66.8 Å². The summed E-state index contributed by atoms with van der Waals surface area (Å²) in [7, 11) is 0. The van der Waals surface area contributed by atoms with Crippen LogP contribution in [0.2, 0.25) is 0 Å². The minimum absolute atomic E-state index is 0.0276. The highest BCUT2D eigenvalue weighted by atomic mass is 127. The first-order valence-corrected chi connectivity index (χ1v) is 12.5. The second-order valence-corrected chi connectivity index (χ2v) is 9.50. The fraction of sp³-hybridized carbons (Fsp3) is 0.500. The number of rotatable bonds is 10. The van der Waals surface area contributed by atoms with Gasteiger partial charge in [0.15, 0.2) is 6.23 Å². The molecule has 0 bridgehead atoms. The lowest BCUT2D eigenvalue weighted by atomic mass is 10.2. The number of hydrogen-bond acceptors (Lipinski definition) is 7. The summed E-state index contributed by atoms with van der Waals surface area (Å²) in [6, 6.07) is 13.6. The van der Waals surface area contributed by atoms with E-state index in [0.717, 1.165) is 46.2 Å². The number of fused-ring (bicyclic) bond motifs is 1. The molecule has 1 aromatic carbocycles. The lowest BCUT2D eigenvalue weighted by Crippen LogP contribution is -2.45. The molecule has 1 fully saturated rings. The molecule has 2 unspecified atom stereocenters. The molecule has 1 aliphatic heterocycles. The van der Waals surface area contributed by atoms with Crippen molar-refractivity contribution in [1.29, 1.82) is 0 Å². The monoisotopic (exact) mass is 566 g/mol. The van der Waals surface area contributed by atoms with Gasteiger partial charge in [-0.3, -0.25) is 5.32 Å². The molecule has 1 saturated heterocycles. The van der Waals surface area contributed by atoms with E-state index >= 15 is 0 Å². The largest absolute Gasteiger partial charge is 0.475 e. The van der Waals surface area contributed by atoms with Gasteiger partial charge in [0, 0.05) is 26.1 Å². The number of ether oxygens (including phenoxy) is 3. The van der Waals surface area contributed by atoms with Crippen molar-refractivity contribution in [3.05, 3.63) is 51.7 Å². The van der Waals surface area contributed by atoms with E-state index in [9.17, 15) is 5.11 Å². The minimum Gasteiger partial charge on any atom is -0.475 e. The third-order valence-corrected chi connectivity index (χ3v) is 6.33. The van der Waals surface area contributed by atoms with Crippen LogP contribution in [0.4, 0.5) is 0 Å². The standard InChI is InChI=1S/C24H31IN4O4/c1-17(13-14-26-24(2,30)32-16-18-8-4-3-5-9-18)33-20-12-11-19-22(27-20)23(25)28-29(19)21-10-6-7-15-31-21/h3-5,8-9,11-12,17,21,26,30H,6-7,10,13-16H2,1-2H3/t17-,21?,24?/m1/s1. The molecule has 2 N–H and O–H groups in total. The lowest BCUT2D eigenvalue weighted by Gasteiger charge is -2.26. The van der Waals surface area contributed by atoms with Crippen molar-refractivity contribution in [1.82, 2.24) is 20.1 Å². The predicted molar refractivity (Wildman–Crippen MR) is 134 cm³/mol. The summed E-state index contributed by atoms with van der Waals surface area (Å²) in [5, 5.41) is 18.1. The first-order valence-electron chi connectivity index (χ1n) is 11.4. The summed E-state index contributed by atoms with van der Waals surface area (Å²) in [6.07, 6.45) is 3.77. The van der Waals surface area contributed by atoms with Crippen LogP contribution in [-0.4, -0.2) is 45.0 Å². The quantitative estimate of drug-likeness (QED) is 0.278. The Labute approximate surface area is 207 Å². The SMILES string of the molecule is C[C@H](CCNC(C)(O)OCc1ccccc1)Oc1ccc2c(n1)c(I)nn2C1CCCCO1. The Morgan fingerprint density at radius 2 is 2.09 bits per heavy atom. The zero-order valence-electron chi connectivity index (χ0n) is 19.0. The Morgan fingerprint density at radius 1 is 1.27 bits per heavy atom. The lowest BCUT2D eigenvalue weighted by molar-refractivity contribution is -0.218. The molecule has 1 aliphatic rings. The maximum atomic E-state index is 10.4.